The van der Waals surface area contributed by atoms with Crippen LogP contribution in [0.2, 0.25) is 0 Å². The molecule has 0 bridgehead atoms. The molecule has 8 nitrogen and oxygen atoms in total. The van der Waals surface area contributed by atoms with Crippen molar-refractivity contribution in [3.63, 3.8) is 0 Å². The third kappa shape index (κ3) is 5.61. The molecule has 2 aromatic rings. The van der Waals surface area contributed by atoms with E-state index in [1.54, 1.807) is 43.8 Å². The van der Waals surface area contributed by atoms with Gasteiger partial charge in [-0.1, -0.05) is 6.07 Å². The molecule has 0 radical (unpaired) electrons. The number of nitrogens with zero attached hydrogens (tertiary/aromatic N) is 2. The molecule has 3 amide bonds. The number of methoxy groups -OCH3 is 2. The number of hydrogen-bond acceptors (Lipinski definition) is 6. The van der Waals surface area contributed by atoms with Crippen LogP contribution >= 0.6 is 11.3 Å². The van der Waals surface area contributed by atoms with Crippen molar-refractivity contribution in [2.45, 2.75) is 38.6 Å². The van der Waals surface area contributed by atoms with Gasteiger partial charge in [0.1, 0.15) is 17.5 Å². The molecule has 1 aromatic heterocycles. The summed E-state index contributed by atoms with van der Waals surface area (Å²) >= 11 is 1.59. The van der Waals surface area contributed by atoms with Gasteiger partial charge in [0, 0.05) is 44.4 Å². The fourth-order valence-electron chi connectivity index (χ4n) is 5.16. The zero-order chi connectivity index (χ0) is 25.0. The number of carbonyl (C=O) groups excluding carboxylic acids is 3. The molecule has 4 rings (SSSR count). The molecule has 1 spiro atoms. The molecular formula is C26H33N3O5S. The Balaban J connectivity index is 1.39. The van der Waals surface area contributed by atoms with Crippen LogP contribution in [0.5, 0.6) is 11.5 Å². The number of hydrogen-bond donors (Lipinski definition) is 1. The molecule has 9 heteroatoms. The van der Waals surface area contributed by atoms with E-state index in [-0.39, 0.29) is 23.1 Å². The van der Waals surface area contributed by atoms with Gasteiger partial charge >= 0.3 is 0 Å². The topological polar surface area (TPSA) is 88.2 Å². The van der Waals surface area contributed by atoms with E-state index in [1.165, 1.54) is 6.92 Å². The Kier molecular flexibility index (Phi) is 7.64. The van der Waals surface area contributed by atoms with Gasteiger partial charge in [-0.05, 0) is 54.3 Å². The second-order valence-corrected chi connectivity index (χ2v) is 10.4. The molecule has 0 aliphatic carbocycles. The van der Waals surface area contributed by atoms with Crippen molar-refractivity contribution in [3.8, 4) is 11.5 Å². The molecule has 2 aliphatic rings. The van der Waals surface area contributed by atoms with E-state index in [0.717, 1.165) is 24.1 Å². The van der Waals surface area contributed by atoms with Crippen LogP contribution in [-0.4, -0.2) is 74.0 Å². The second-order valence-electron chi connectivity index (χ2n) is 9.40. The van der Waals surface area contributed by atoms with E-state index >= 15 is 0 Å². The summed E-state index contributed by atoms with van der Waals surface area (Å²) in [7, 11) is 3.13. The van der Waals surface area contributed by atoms with Crippen LogP contribution in [0.1, 0.15) is 41.4 Å². The Morgan fingerprint density at radius 3 is 2.37 bits per heavy atom. The Bertz CT molecular complexity index is 1060. The van der Waals surface area contributed by atoms with Crippen molar-refractivity contribution in [1.82, 2.24) is 15.1 Å². The fraction of sp³-hybridized carbons (Fsp3) is 0.500. The van der Waals surface area contributed by atoms with Crippen LogP contribution < -0.4 is 14.8 Å². The summed E-state index contributed by atoms with van der Waals surface area (Å²) in [5, 5.41) is 4.83. The van der Waals surface area contributed by atoms with E-state index in [4.69, 9.17) is 9.47 Å². The largest absolute Gasteiger partial charge is 0.497 e. The number of piperidine rings is 1. The van der Waals surface area contributed by atoms with Gasteiger partial charge in [-0.25, -0.2) is 0 Å². The van der Waals surface area contributed by atoms with Gasteiger partial charge < -0.3 is 24.6 Å². The maximum atomic E-state index is 13.3. The molecule has 35 heavy (non-hydrogen) atoms. The minimum atomic E-state index is -0.552. The van der Waals surface area contributed by atoms with Crippen molar-refractivity contribution in [3.05, 3.63) is 46.2 Å². The number of rotatable bonds is 7. The van der Waals surface area contributed by atoms with Crippen molar-refractivity contribution >= 4 is 29.1 Å². The Hall–Kier alpha value is -3.07. The summed E-state index contributed by atoms with van der Waals surface area (Å²) in [5.41, 5.74) is 0.506. The summed E-state index contributed by atoms with van der Waals surface area (Å²) in [6.45, 7) is 4.05. The first-order chi connectivity index (χ1) is 16.8. The van der Waals surface area contributed by atoms with Crippen LogP contribution in [0, 0.1) is 5.41 Å². The maximum Gasteiger partial charge on any atom is 0.257 e. The Labute approximate surface area is 210 Å². The first-order valence-corrected chi connectivity index (χ1v) is 12.8. The van der Waals surface area contributed by atoms with E-state index < -0.39 is 6.04 Å². The smallest absolute Gasteiger partial charge is 0.257 e. The molecular weight excluding hydrogens is 466 g/mol. The van der Waals surface area contributed by atoms with Gasteiger partial charge in [-0.2, -0.15) is 0 Å². The first kappa shape index (κ1) is 25.0. The number of benzene rings is 1. The number of likely N-dealkylation sites (tertiary alicyclic amines) is 2. The van der Waals surface area contributed by atoms with Gasteiger partial charge in [0.15, 0.2) is 0 Å². The zero-order valence-corrected chi connectivity index (χ0v) is 21.4. The summed E-state index contributed by atoms with van der Waals surface area (Å²) in [4.78, 5) is 43.2. The van der Waals surface area contributed by atoms with Crippen molar-refractivity contribution in [2.75, 3.05) is 40.4 Å². The second kappa shape index (κ2) is 10.7. The molecule has 0 saturated carbocycles. The standard InChI is InChI=1S/C26H33N3O5S/c1-18(30)27-22(16-20-5-4-14-35-20)25(32)29-13-10-26(17-29)8-11-28(12-9-26)24(31)21-15-19(33-2)6-7-23(21)34-3/h4-7,14-15,22H,8-13,16-17H2,1-3H3,(H,27,30)/t22-/m0/s1. The van der Waals surface area contributed by atoms with E-state index in [9.17, 15) is 14.4 Å². The fourth-order valence-corrected chi connectivity index (χ4v) is 5.91. The highest BCUT2D eigenvalue weighted by molar-refractivity contribution is 7.09. The van der Waals surface area contributed by atoms with Crippen LogP contribution in [0.15, 0.2) is 35.7 Å². The number of thiophene rings is 1. The van der Waals surface area contributed by atoms with Crippen LogP contribution in [0.4, 0.5) is 0 Å². The lowest BCUT2D eigenvalue weighted by molar-refractivity contribution is -0.135. The molecule has 2 aliphatic heterocycles. The molecule has 1 aromatic carbocycles. The zero-order valence-electron chi connectivity index (χ0n) is 20.5. The highest BCUT2D eigenvalue weighted by Gasteiger charge is 2.44. The number of ether oxygens (including phenoxy) is 2. The third-order valence-corrected chi connectivity index (χ3v) is 8.06. The van der Waals surface area contributed by atoms with Gasteiger partial charge in [0.05, 0.1) is 19.8 Å². The number of amides is 3. The highest BCUT2D eigenvalue weighted by Crippen LogP contribution is 2.41. The third-order valence-electron chi connectivity index (χ3n) is 7.16. The van der Waals surface area contributed by atoms with E-state index in [1.807, 2.05) is 27.3 Å². The van der Waals surface area contributed by atoms with Crippen LogP contribution in [0.3, 0.4) is 0 Å². The van der Waals surface area contributed by atoms with Gasteiger partial charge in [0.2, 0.25) is 11.8 Å². The predicted octanol–water partition coefficient (Wildman–Crippen LogP) is 2.97. The SMILES string of the molecule is COc1ccc(OC)c(C(=O)N2CCC3(CC2)CCN(C(=O)[C@H](Cc2cccs2)NC(C)=O)C3)c1. The summed E-state index contributed by atoms with van der Waals surface area (Å²) < 4.78 is 10.7. The molecule has 188 valence electrons. The van der Waals surface area contributed by atoms with Gasteiger partial charge in [-0.15, -0.1) is 11.3 Å². The molecule has 1 N–H and O–H groups in total. The van der Waals surface area contributed by atoms with Crippen molar-refractivity contribution in [1.29, 1.82) is 0 Å². The quantitative estimate of drug-likeness (QED) is 0.633. The molecule has 1 atom stereocenters. The Morgan fingerprint density at radius 2 is 1.77 bits per heavy atom. The number of carbonyl (C=O) groups is 3. The summed E-state index contributed by atoms with van der Waals surface area (Å²) in [5.74, 6) is 0.856. The maximum absolute atomic E-state index is 13.3. The van der Waals surface area contributed by atoms with Gasteiger partial charge in [-0.3, -0.25) is 14.4 Å². The van der Waals surface area contributed by atoms with E-state index in [0.29, 0.717) is 49.7 Å². The average molecular weight is 500 g/mol. The van der Waals surface area contributed by atoms with Crippen molar-refractivity contribution < 1.29 is 23.9 Å². The average Bonchev–Trinajstić information content (AvgIpc) is 3.53. The lowest BCUT2D eigenvalue weighted by atomic mass is 9.77. The highest BCUT2D eigenvalue weighted by atomic mass is 32.1. The van der Waals surface area contributed by atoms with Crippen LogP contribution in [-0.2, 0) is 16.0 Å². The van der Waals surface area contributed by atoms with Crippen molar-refractivity contribution in [2.24, 2.45) is 5.41 Å². The minimum Gasteiger partial charge on any atom is -0.497 e. The normalized spacial score (nSPS) is 17.8. The van der Waals surface area contributed by atoms with Crippen LogP contribution in [0.25, 0.3) is 0 Å². The Morgan fingerprint density at radius 1 is 1.06 bits per heavy atom. The molecule has 0 unspecified atom stereocenters. The predicted molar refractivity (Wildman–Crippen MR) is 134 cm³/mol. The summed E-state index contributed by atoms with van der Waals surface area (Å²) in [6.07, 6.45) is 3.09. The first-order valence-electron chi connectivity index (χ1n) is 11.9. The molecule has 3 heterocycles. The lowest BCUT2D eigenvalue weighted by Gasteiger charge is -2.39. The lowest BCUT2D eigenvalue weighted by Crippen LogP contribution is -2.50. The molecule has 2 fully saturated rings. The van der Waals surface area contributed by atoms with E-state index in [2.05, 4.69) is 5.32 Å². The summed E-state index contributed by atoms with van der Waals surface area (Å²) in [6, 6.07) is 8.64. The monoisotopic (exact) mass is 499 g/mol. The molecule has 2 saturated heterocycles. The minimum absolute atomic E-state index is 0.00854. The van der Waals surface area contributed by atoms with Gasteiger partial charge in [0.25, 0.3) is 5.91 Å². The number of nitrogens with one attached hydrogen (secondary N) is 1.